The van der Waals surface area contributed by atoms with Crippen molar-refractivity contribution in [3.05, 3.63) is 100 Å². The number of hydrogen-bond acceptors (Lipinski definition) is 5. The Bertz CT molecular complexity index is 1420. The van der Waals surface area contributed by atoms with Gasteiger partial charge < -0.3 is 9.64 Å². The van der Waals surface area contributed by atoms with Gasteiger partial charge in [-0.05, 0) is 47.5 Å². The third-order valence-corrected chi connectivity index (χ3v) is 8.75. The molecule has 0 aliphatic rings. The van der Waals surface area contributed by atoms with Gasteiger partial charge in [0, 0.05) is 30.0 Å². The monoisotopic (exact) mass is 522 g/mol. The predicted octanol–water partition coefficient (Wildman–Crippen LogP) is 5.08. The van der Waals surface area contributed by atoms with E-state index < -0.39 is 10.0 Å². The Kier molecular flexibility index (Phi) is 8.53. The van der Waals surface area contributed by atoms with E-state index in [1.54, 1.807) is 34.4 Å². The minimum Gasteiger partial charge on any atom is -0.383 e. The number of benzene rings is 3. The number of carbonyl (C=O) groups is 1. The van der Waals surface area contributed by atoms with Crippen LogP contribution in [0.5, 0.6) is 0 Å². The van der Waals surface area contributed by atoms with E-state index in [1.165, 1.54) is 11.4 Å². The fraction of sp³-hybridized carbons (Fsp3) is 0.250. The van der Waals surface area contributed by atoms with Gasteiger partial charge in [-0.2, -0.15) is 4.31 Å². The maximum Gasteiger partial charge on any atom is 0.243 e. The van der Waals surface area contributed by atoms with Gasteiger partial charge in [0.15, 0.2) is 0 Å². The first-order valence-corrected chi connectivity index (χ1v) is 14.0. The Morgan fingerprint density at radius 2 is 1.61 bits per heavy atom. The van der Waals surface area contributed by atoms with Crippen molar-refractivity contribution >= 4 is 38.0 Å². The summed E-state index contributed by atoms with van der Waals surface area (Å²) in [5.41, 5.74) is 0.986. The molecule has 0 N–H and O–H groups in total. The van der Waals surface area contributed by atoms with Crippen molar-refractivity contribution in [2.45, 2.75) is 24.9 Å². The Morgan fingerprint density at radius 1 is 0.889 bits per heavy atom. The molecule has 4 rings (SSSR count). The fourth-order valence-corrected chi connectivity index (χ4v) is 6.31. The van der Waals surface area contributed by atoms with Crippen molar-refractivity contribution in [3.8, 4) is 0 Å². The van der Waals surface area contributed by atoms with E-state index in [4.69, 9.17) is 4.74 Å². The molecule has 0 unspecified atom stereocenters. The van der Waals surface area contributed by atoms with Crippen molar-refractivity contribution < 1.29 is 17.9 Å². The van der Waals surface area contributed by atoms with Gasteiger partial charge >= 0.3 is 0 Å². The lowest BCUT2D eigenvalue weighted by molar-refractivity contribution is -0.132. The summed E-state index contributed by atoms with van der Waals surface area (Å²) in [6.07, 6.45) is 0. The van der Waals surface area contributed by atoms with E-state index in [9.17, 15) is 13.2 Å². The number of thiophene rings is 1. The summed E-state index contributed by atoms with van der Waals surface area (Å²) in [5, 5.41) is 1.78. The summed E-state index contributed by atoms with van der Waals surface area (Å²) in [6.45, 7) is 2.83. The van der Waals surface area contributed by atoms with E-state index in [1.807, 2.05) is 73.7 Å². The number of methoxy groups -OCH3 is 1. The van der Waals surface area contributed by atoms with Crippen LogP contribution in [0.1, 0.15) is 15.3 Å². The molecule has 0 spiro atoms. The zero-order chi connectivity index (χ0) is 25.5. The Morgan fingerprint density at radius 3 is 2.31 bits per heavy atom. The van der Waals surface area contributed by atoms with Gasteiger partial charge in [-0.15, -0.1) is 11.3 Å². The van der Waals surface area contributed by atoms with E-state index >= 15 is 0 Å². The third-order valence-electron chi connectivity index (χ3n) is 5.93. The molecule has 0 saturated heterocycles. The van der Waals surface area contributed by atoms with Gasteiger partial charge in [0.1, 0.15) is 0 Å². The largest absolute Gasteiger partial charge is 0.383 e. The molecule has 3 aromatic carbocycles. The van der Waals surface area contributed by atoms with Crippen LogP contribution >= 0.6 is 11.3 Å². The van der Waals surface area contributed by atoms with Crippen LogP contribution in [0, 0.1) is 6.92 Å². The van der Waals surface area contributed by atoms with Crippen molar-refractivity contribution in [3.63, 3.8) is 0 Å². The van der Waals surface area contributed by atoms with E-state index in [2.05, 4.69) is 0 Å². The Hall–Kier alpha value is -3.04. The maximum atomic E-state index is 13.7. The number of carbonyl (C=O) groups excluding carboxylic acids is 1. The van der Waals surface area contributed by atoms with Crippen molar-refractivity contribution in [1.29, 1.82) is 0 Å². The van der Waals surface area contributed by atoms with E-state index in [0.29, 0.717) is 13.1 Å². The molecule has 0 radical (unpaired) electrons. The van der Waals surface area contributed by atoms with Gasteiger partial charge in [-0.25, -0.2) is 8.42 Å². The molecule has 8 heteroatoms. The van der Waals surface area contributed by atoms with Crippen LogP contribution in [-0.4, -0.2) is 50.3 Å². The summed E-state index contributed by atoms with van der Waals surface area (Å²) in [5.74, 6) is -0.259. The highest BCUT2D eigenvalue weighted by Gasteiger charge is 2.29. The molecule has 188 valence electrons. The summed E-state index contributed by atoms with van der Waals surface area (Å²) >= 11 is 1.63. The standard InChI is InChI=1S/C28H30N2O4S2/c1-22-12-14-26(35-22)20-29(19-23-8-4-3-5-9-23)28(31)21-30(16-17-34-2)36(32,33)27-15-13-24-10-6-7-11-25(24)18-27/h3-15,18H,16-17,19-21H2,1-2H3. The first-order chi connectivity index (χ1) is 17.4. The first-order valence-electron chi connectivity index (χ1n) is 11.7. The molecule has 0 aliphatic carbocycles. The van der Waals surface area contributed by atoms with E-state index in [0.717, 1.165) is 26.1 Å². The molecule has 4 aromatic rings. The average Bonchev–Trinajstić information content (AvgIpc) is 3.30. The molecule has 1 amide bonds. The van der Waals surface area contributed by atoms with Crippen molar-refractivity contribution in [2.24, 2.45) is 0 Å². The zero-order valence-electron chi connectivity index (χ0n) is 20.5. The van der Waals surface area contributed by atoms with Crippen LogP contribution in [0.15, 0.2) is 89.8 Å². The number of sulfonamides is 1. The summed E-state index contributed by atoms with van der Waals surface area (Å²) in [6, 6.07) is 26.4. The van der Waals surface area contributed by atoms with Gasteiger partial charge in [0.25, 0.3) is 0 Å². The van der Waals surface area contributed by atoms with Crippen LogP contribution in [0.2, 0.25) is 0 Å². The first kappa shape index (κ1) is 26.0. The Balaban J connectivity index is 1.61. The fourth-order valence-electron chi connectivity index (χ4n) is 4.00. The molecule has 0 fully saturated rings. The van der Waals surface area contributed by atoms with Crippen LogP contribution in [0.25, 0.3) is 10.8 Å². The number of fused-ring (bicyclic) bond motifs is 1. The quantitative estimate of drug-likeness (QED) is 0.276. The molecule has 0 saturated carbocycles. The molecule has 6 nitrogen and oxygen atoms in total. The molecule has 0 aliphatic heterocycles. The third kappa shape index (κ3) is 6.39. The summed E-state index contributed by atoms with van der Waals surface area (Å²) in [4.78, 5) is 17.7. The smallest absolute Gasteiger partial charge is 0.243 e. The normalized spacial score (nSPS) is 11.8. The number of hydrogen-bond donors (Lipinski definition) is 0. The maximum absolute atomic E-state index is 13.7. The second-order valence-corrected chi connectivity index (χ2v) is 11.9. The molecule has 1 aromatic heterocycles. The van der Waals surface area contributed by atoms with Crippen LogP contribution in [0.4, 0.5) is 0 Å². The van der Waals surface area contributed by atoms with Crippen LogP contribution in [0.3, 0.4) is 0 Å². The minimum absolute atomic E-state index is 0.0781. The number of aryl methyl sites for hydroxylation is 1. The number of ether oxygens (including phenoxy) is 1. The number of nitrogens with zero attached hydrogens (tertiary/aromatic N) is 2. The predicted molar refractivity (Wildman–Crippen MR) is 144 cm³/mol. The zero-order valence-corrected chi connectivity index (χ0v) is 22.1. The number of amides is 1. The molecule has 1 heterocycles. The van der Waals surface area contributed by atoms with Crippen molar-refractivity contribution in [1.82, 2.24) is 9.21 Å². The summed E-state index contributed by atoms with van der Waals surface area (Å²) < 4.78 is 33.7. The minimum atomic E-state index is -3.93. The SMILES string of the molecule is COCCN(CC(=O)N(Cc1ccccc1)Cc1ccc(C)s1)S(=O)(=O)c1ccc2ccccc2c1. The molecule has 36 heavy (non-hydrogen) atoms. The topological polar surface area (TPSA) is 66.9 Å². The molecule has 0 bridgehead atoms. The van der Waals surface area contributed by atoms with Crippen LogP contribution in [-0.2, 0) is 32.6 Å². The van der Waals surface area contributed by atoms with Gasteiger partial charge in [-0.3, -0.25) is 4.79 Å². The van der Waals surface area contributed by atoms with Gasteiger partial charge in [0.05, 0.1) is 24.6 Å². The van der Waals surface area contributed by atoms with Gasteiger partial charge in [-0.1, -0.05) is 60.7 Å². The number of rotatable bonds is 11. The average molecular weight is 523 g/mol. The lowest BCUT2D eigenvalue weighted by Gasteiger charge is -2.27. The van der Waals surface area contributed by atoms with Gasteiger partial charge in [0.2, 0.25) is 15.9 Å². The lowest BCUT2D eigenvalue weighted by atomic mass is 10.1. The molecular weight excluding hydrogens is 492 g/mol. The lowest BCUT2D eigenvalue weighted by Crippen LogP contribution is -2.43. The summed E-state index contributed by atoms with van der Waals surface area (Å²) in [7, 11) is -2.41. The second-order valence-electron chi connectivity index (χ2n) is 8.59. The van der Waals surface area contributed by atoms with Crippen LogP contribution < -0.4 is 0 Å². The molecular formula is C28H30N2O4S2. The van der Waals surface area contributed by atoms with E-state index in [-0.39, 0.29) is 30.5 Å². The van der Waals surface area contributed by atoms with Crippen molar-refractivity contribution in [2.75, 3.05) is 26.8 Å². The Labute approximate surface area is 216 Å². The highest BCUT2D eigenvalue weighted by Crippen LogP contribution is 2.23. The molecule has 0 atom stereocenters. The highest BCUT2D eigenvalue weighted by molar-refractivity contribution is 7.89. The highest BCUT2D eigenvalue weighted by atomic mass is 32.2. The second kappa shape index (κ2) is 11.8.